The molecule has 0 aliphatic rings. The van der Waals surface area contributed by atoms with E-state index in [2.05, 4.69) is 5.23 Å². The van der Waals surface area contributed by atoms with Crippen LogP contribution in [0.1, 0.15) is 47.0 Å². The van der Waals surface area contributed by atoms with Gasteiger partial charge in [0.15, 0.2) is 0 Å². The predicted octanol–water partition coefficient (Wildman–Crippen LogP) is 1.28. The topological polar surface area (TPSA) is 46.2 Å². The van der Waals surface area contributed by atoms with E-state index in [4.69, 9.17) is 0 Å². The fourth-order valence-electron chi connectivity index (χ4n) is 1.19. The lowest BCUT2D eigenvalue weighted by Gasteiger charge is -2.27. The van der Waals surface area contributed by atoms with Gasteiger partial charge in [0.05, 0.1) is 5.54 Å². The zero-order chi connectivity index (χ0) is 11.2. The minimum atomic E-state index is -0.584. The molecule has 0 aliphatic carbocycles. The second-order valence-corrected chi connectivity index (χ2v) is 3.75. The van der Waals surface area contributed by atoms with Crippen LogP contribution in [0, 0.1) is 0 Å². The zero-order valence-electron chi connectivity index (χ0n) is 9.52. The Morgan fingerprint density at radius 2 is 1.93 bits per heavy atom. The van der Waals surface area contributed by atoms with Gasteiger partial charge in [-0.2, -0.15) is 0 Å². The Labute approximate surface area is 86.9 Å². The highest BCUT2D eigenvalue weighted by Gasteiger charge is 2.28. The van der Waals surface area contributed by atoms with Crippen molar-refractivity contribution in [2.24, 2.45) is 0 Å². The molecule has 1 radical (unpaired) electrons. The number of hydrogen-bond donors (Lipinski definition) is 1. The van der Waals surface area contributed by atoms with Gasteiger partial charge in [-0.15, -0.1) is 0 Å². The van der Waals surface area contributed by atoms with Crippen LogP contribution in [0.2, 0.25) is 0 Å². The van der Waals surface area contributed by atoms with Crippen LogP contribution < -0.4 is 5.23 Å². The molecule has 0 amide bonds. The molecule has 0 aromatic heterocycles. The lowest BCUT2D eigenvalue weighted by molar-refractivity contribution is -0.122. The van der Waals surface area contributed by atoms with Crippen LogP contribution in [0.3, 0.4) is 0 Å². The van der Waals surface area contributed by atoms with Crippen LogP contribution in [0.5, 0.6) is 0 Å². The fourth-order valence-corrected chi connectivity index (χ4v) is 1.19. The molecule has 14 heavy (non-hydrogen) atoms. The SMILES string of the molecule is CCC[C@@](C)(N[B]C(=O)CC)C(C)=O. The number of carbonyl (C=O) groups is 2. The highest BCUT2D eigenvalue weighted by atomic mass is 16.1. The van der Waals surface area contributed by atoms with E-state index in [9.17, 15) is 9.59 Å². The van der Waals surface area contributed by atoms with Crippen LogP contribution in [0.25, 0.3) is 0 Å². The maximum absolute atomic E-state index is 11.4. The van der Waals surface area contributed by atoms with E-state index in [1.54, 1.807) is 13.8 Å². The van der Waals surface area contributed by atoms with E-state index in [1.165, 1.54) is 7.41 Å². The van der Waals surface area contributed by atoms with E-state index in [0.717, 1.165) is 12.8 Å². The standard InChI is InChI=1S/C10H19BNO2/c1-5-7-10(4,8(3)13)12-11-9(14)6-2/h12H,5-7H2,1-4H3/t10-/m1/s1. The van der Waals surface area contributed by atoms with Gasteiger partial charge in [0.1, 0.15) is 11.5 Å². The Balaban J connectivity index is 4.23. The molecule has 4 heteroatoms. The molecular formula is C10H19BNO2. The van der Waals surface area contributed by atoms with E-state index in [1.807, 2.05) is 13.8 Å². The van der Waals surface area contributed by atoms with Crippen molar-refractivity contribution in [3.8, 4) is 0 Å². The number of ketones is 1. The monoisotopic (exact) mass is 196 g/mol. The fraction of sp³-hybridized carbons (Fsp3) is 0.800. The lowest BCUT2D eigenvalue weighted by atomic mass is 9.79. The van der Waals surface area contributed by atoms with Gasteiger partial charge in [0.25, 0.3) is 7.41 Å². The molecule has 0 saturated heterocycles. The summed E-state index contributed by atoms with van der Waals surface area (Å²) in [5.41, 5.74) is -0.562. The number of nitrogens with one attached hydrogen (secondary N) is 1. The summed E-state index contributed by atoms with van der Waals surface area (Å²) in [6.07, 6.45) is 2.13. The number of rotatable bonds is 7. The Morgan fingerprint density at radius 3 is 2.29 bits per heavy atom. The number of Topliss-reactive ketones (excluding diaryl/α,β-unsaturated/α-hetero) is 1. The molecule has 0 spiro atoms. The van der Waals surface area contributed by atoms with Crippen molar-refractivity contribution in [2.45, 2.75) is 52.5 Å². The minimum Gasteiger partial charge on any atom is -0.342 e. The molecule has 0 saturated carbocycles. The van der Waals surface area contributed by atoms with Gasteiger partial charge in [0.2, 0.25) is 0 Å². The highest BCUT2D eigenvalue weighted by molar-refractivity contribution is 6.72. The third kappa shape index (κ3) is 4.05. The van der Waals surface area contributed by atoms with Gasteiger partial charge in [0, 0.05) is 0 Å². The average molecular weight is 196 g/mol. The smallest absolute Gasteiger partial charge is 0.295 e. The summed E-state index contributed by atoms with van der Waals surface area (Å²) in [7, 11) is 1.41. The second-order valence-electron chi connectivity index (χ2n) is 3.75. The van der Waals surface area contributed by atoms with Crippen molar-refractivity contribution in [3.63, 3.8) is 0 Å². The van der Waals surface area contributed by atoms with E-state index < -0.39 is 5.54 Å². The van der Waals surface area contributed by atoms with Crippen LogP contribution in [-0.4, -0.2) is 24.4 Å². The summed E-state index contributed by atoms with van der Waals surface area (Å²) in [5.74, 6) is 0.0690. The molecule has 0 aromatic carbocycles. The minimum absolute atomic E-state index is 0.0218. The first kappa shape index (κ1) is 13.4. The van der Waals surface area contributed by atoms with Gasteiger partial charge in [-0.05, 0) is 26.7 Å². The molecule has 0 rings (SSSR count). The molecule has 0 bridgehead atoms. The molecule has 0 aromatic rings. The van der Waals surface area contributed by atoms with Crippen molar-refractivity contribution in [2.75, 3.05) is 0 Å². The molecule has 0 aliphatic heterocycles. The average Bonchev–Trinajstić information content (AvgIpc) is 2.14. The first-order valence-corrected chi connectivity index (χ1v) is 5.11. The lowest BCUT2D eigenvalue weighted by Crippen LogP contribution is -2.51. The van der Waals surface area contributed by atoms with E-state index in [0.29, 0.717) is 6.42 Å². The molecule has 0 heterocycles. The maximum Gasteiger partial charge on any atom is 0.295 e. The Kier molecular flexibility index (Phi) is 5.69. The Bertz CT molecular complexity index is 218. The third-order valence-electron chi connectivity index (χ3n) is 2.43. The first-order chi connectivity index (χ1) is 6.46. The number of carbonyl (C=O) groups excluding carboxylic acids is 2. The molecule has 1 atom stereocenters. The van der Waals surface area contributed by atoms with Gasteiger partial charge >= 0.3 is 0 Å². The summed E-state index contributed by atoms with van der Waals surface area (Å²) in [6, 6.07) is 0. The summed E-state index contributed by atoms with van der Waals surface area (Å²) in [5, 5.41) is 2.92. The van der Waals surface area contributed by atoms with E-state index in [-0.39, 0.29) is 11.5 Å². The number of hydrogen-bond acceptors (Lipinski definition) is 3. The molecule has 0 unspecified atom stereocenters. The van der Waals surface area contributed by atoms with Crippen LogP contribution in [0.4, 0.5) is 0 Å². The normalized spacial score (nSPS) is 14.6. The Hall–Kier alpha value is -0.635. The first-order valence-electron chi connectivity index (χ1n) is 5.11. The second kappa shape index (κ2) is 5.96. The largest absolute Gasteiger partial charge is 0.342 e. The predicted molar refractivity (Wildman–Crippen MR) is 58.2 cm³/mol. The van der Waals surface area contributed by atoms with Crippen LogP contribution in [-0.2, 0) is 9.59 Å². The highest BCUT2D eigenvalue weighted by Crippen LogP contribution is 2.12. The van der Waals surface area contributed by atoms with Gasteiger partial charge < -0.3 is 10.0 Å². The quantitative estimate of drug-likeness (QED) is 0.624. The van der Waals surface area contributed by atoms with Crippen molar-refractivity contribution in [1.29, 1.82) is 0 Å². The molecule has 0 fully saturated rings. The van der Waals surface area contributed by atoms with Crippen molar-refractivity contribution in [1.82, 2.24) is 5.23 Å². The van der Waals surface area contributed by atoms with Gasteiger partial charge in [-0.1, -0.05) is 20.3 Å². The van der Waals surface area contributed by atoms with Crippen molar-refractivity contribution in [3.05, 3.63) is 0 Å². The van der Waals surface area contributed by atoms with E-state index >= 15 is 0 Å². The van der Waals surface area contributed by atoms with Crippen LogP contribution >= 0.6 is 0 Å². The zero-order valence-corrected chi connectivity index (χ0v) is 9.52. The molecule has 1 N–H and O–H groups in total. The molecule has 3 nitrogen and oxygen atoms in total. The maximum atomic E-state index is 11.4. The van der Waals surface area contributed by atoms with Crippen molar-refractivity contribution >= 4 is 18.9 Å². The van der Waals surface area contributed by atoms with Gasteiger partial charge in [-0.3, -0.25) is 4.79 Å². The third-order valence-corrected chi connectivity index (χ3v) is 2.43. The van der Waals surface area contributed by atoms with Gasteiger partial charge in [-0.25, -0.2) is 0 Å². The summed E-state index contributed by atoms with van der Waals surface area (Å²) < 4.78 is 0. The summed E-state index contributed by atoms with van der Waals surface area (Å²) in [4.78, 5) is 22.4. The van der Waals surface area contributed by atoms with Crippen molar-refractivity contribution < 1.29 is 9.59 Å². The summed E-state index contributed by atoms with van der Waals surface area (Å²) >= 11 is 0. The molecule has 79 valence electrons. The Morgan fingerprint density at radius 1 is 1.36 bits per heavy atom. The summed E-state index contributed by atoms with van der Waals surface area (Å²) in [6.45, 7) is 7.20. The molecular weight excluding hydrogens is 177 g/mol. The van der Waals surface area contributed by atoms with Crippen LogP contribution in [0.15, 0.2) is 0 Å².